The molecular weight excluding hydrogens is 278 g/mol. The van der Waals surface area contributed by atoms with Gasteiger partial charge >= 0.3 is 0 Å². The van der Waals surface area contributed by atoms with E-state index >= 15 is 0 Å². The van der Waals surface area contributed by atoms with Crippen molar-refractivity contribution in [2.45, 2.75) is 13.5 Å². The molecular formula is C16H15N5O. The van der Waals surface area contributed by atoms with Crippen LogP contribution >= 0.6 is 0 Å². The molecule has 6 nitrogen and oxygen atoms in total. The molecule has 0 atom stereocenters. The van der Waals surface area contributed by atoms with E-state index in [0.29, 0.717) is 17.9 Å². The zero-order valence-electron chi connectivity index (χ0n) is 12.0. The highest BCUT2D eigenvalue weighted by Crippen LogP contribution is 2.35. The minimum absolute atomic E-state index is 0.0373. The highest BCUT2D eigenvalue weighted by Gasteiger charge is 2.19. The SMILES string of the molecule is CC(=O)c1cc(-c2c[nH]c3cnc(N)cc23)cc2c1NNC2. The number of pyridine rings is 1. The maximum Gasteiger partial charge on any atom is 0.161 e. The molecule has 1 aliphatic heterocycles. The van der Waals surface area contributed by atoms with Gasteiger partial charge in [0, 0.05) is 29.3 Å². The molecule has 0 spiro atoms. The fraction of sp³-hybridized carbons (Fsp3) is 0.125. The molecule has 0 saturated carbocycles. The Morgan fingerprint density at radius 1 is 1.32 bits per heavy atom. The molecule has 0 unspecified atom stereocenters. The van der Waals surface area contributed by atoms with Crippen molar-refractivity contribution >= 4 is 28.2 Å². The van der Waals surface area contributed by atoms with Gasteiger partial charge in [-0.1, -0.05) is 0 Å². The lowest BCUT2D eigenvalue weighted by atomic mass is 9.96. The van der Waals surface area contributed by atoms with Crippen LogP contribution in [0, 0.1) is 0 Å². The van der Waals surface area contributed by atoms with E-state index in [1.54, 1.807) is 13.1 Å². The molecule has 4 rings (SSSR count). The summed E-state index contributed by atoms with van der Waals surface area (Å²) >= 11 is 0. The van der Waals surface area contributed by atoms with Gasteiger partial charge in [0.05, 0.1) is 17.4 Å². The smallest absolute Gasteiger partial charge is 0.161 e. The molecule has 0 radical (unpaired) electrons. The van der Waals surface area contributed by atoms with Crippen LogP contribution in [-0.4, -0.2) is 15.8 Å². The van der Waals surface area contributed by atoms with Gasteiger partial charge in [0.1, 0.15) is 5.82 Å². The van der Waals surface area contributed by atoms with E-state index < -0.39 is 0 Å². The number of nitrogens with two attached hydrogens (primary N) is 1. The van der Waals surface area contributed by atoms with Crippen molar-refractivity contribution in [3.8, 4) is 11.1 Å². The van der Waals surface area contributed by atoms with Gasteiger partial charge in [-0.15, -0.1) is 0 Å². The van der Waals surface area contributed by atoms with E-state index in [4.69, 9.17) is 5.73 Å². The molecule has 110 valence electrons. The Labute approximate surface area is 126 Å². The topological polar surface area (TPSA) is 95.8 Å². The molecule has 22 heavy (non-hydrogen) atoms. The highest BCUT2D eigenvalue weighted by atomic mass is 16.1. The number of fused-ring (bicyclic) bond motifs is 2. The van der Waals surface area contributed by atoms with E-state index in [1.807, 2.05) is 18.3 Å². The number of carbonyl (C=O) groups excluding carboxylic acids is 1. The van der Waals surface area contributed by atoms with Crippen molar-refractivity contribution in [2.75, 3.05) is 11.2 Å². The summed E-state index contributed by atoms with van der Waals surface area (Å²) < 4.78 is 0. The number of nitrogens with one attached hydrogen (secondary N) is 3. The first-order valence-corrected chi connectivity index (χ1v) is 7.03. The number of hydrazine groups is 1. The lowest BCUT2D eigenvalue weighted by molar-refractivity contribution is 0.101. The highest BCUT2D eigenvalue weighted by molar-refractivity contribution is 6.04. The summed E-state index contributed by atoms with van der Waals surface area (Å²) in [6.45, 7) is 2.27. The van der Waals surface area contributed by atoms with Crippen molar-refractivity contribution in [2.24, 2.45) is 0 Å². The van der Waals surface area contributed by atoms with E-state index in [1.165, 1.54) is 0 Å². The Bertz CT molecular complexity index is 912. The average Bonchev–Trinajstić information content (AvgIpc) is 3.11. The number of carbonyl (C=O) groups is 1. The number of Topliss-reactive ketones (excluding diaryl/α,β-unsaturated/α-hetero) is 1. The van der Waals surface area contributed by atoms with Gasteiger partial charge in [0.15, 0.2) is 5.78 Å². The van der Waals surface area contributed by atoms with Crippen LogP contribution in [0.25, 0.3) is 22.0 Å². The number of anilines is 2. The Balaban J connectivity index is 1.97. The molecule has 3 aromatic rings. The normalized spacial score (nSPS) is 13.1. The van der Waals surface area contributed by atoms with Crippen LogP contribution < -0.4 is 16.6 Å². The van der Waals surface area contributed by atoms with Crippen molar-refractivity contribution in [1.82, 2.24) is 15.4 Å². The van der Waals surface area contributed by atoms with E-state index in [0.717, 1.165) is 33.3 Å². The Morgan fingerprint density at radius 3 is 3.00 bits per heavy atom. The first kappa shape index (κ1) is 12.8. The number of rotatable bonds is 2. The fourth-order valence-electron chi connectivity index (χ4n) is 2.93. The number of aromatic amines is 1. The Morgan fingerprint density at radius 2 is 2.18 bits per heavy atom. The second-order valence-corrected chi connectivity index (χ2v) is 5.45. The summed E-state index contributed by atoms with van der Waals surface area (Å²) in [5.74, 6) is 0.514. The number of nitrogens with zero attached hydrogens (tertiary/aromatic N) is 1. The number of ketones is 1. The standard InChI is InChI=1S/C16H15N5O/c1-8(22)11-3-9(2-10-5-20-21-16(10)11)13-6-18-14-7-19-15(17)4-12(13)14/h2-4,6-7,18,20-21H,5H2,1H3,(H2,17,19). The number of hydrogen-bond donors (Lipinski definition) is 4. The number of hydrogen-bond acceptors (Lipinski definition) is 5. The largest absolute Gasteiger partial charge is 0.384 e. The minimum atomic E-state index is 0.0373. The monoisotopic (exact) mass is 293 g/mol. The summed E-state index contributed by atoms with van der Waals surface area (Å²) in [5.41, 5.74) is 17.5. The lowest BCUT2D eigenvalue weighted by Crippen LogP contribution is -2.12. The predicted molar refractivity (Wildman–Crippen MR) is 86.4 cm³/mol. The maximum atomic E-state index is 11.9. The van der Waals surface area contributed by atoms with E-state index in [-0.39, 0.29) is 5.78 Å². The third-order valence-electron chi connectivity index (χ3n) is 3.99. The second kappa shape index (κ2) is 4.57. The van der Waals surface area contributed by atoms with Crippen molar-refractivity contribution in [1.29, 1.82) is 0 Å². The first-order valence-electron chi connectivity index (χ1n) is 7.03. The van der Waals surface area contributed by atoms with Gasteiger partial charge in [0.25, 0.3) is 0 Å². The van der Waals surface area contributed by atoms with Gasteiger partial charge in [0.2, 0.25) is 0 Å². The summed E-state index contributed by atoms with van der Waals surface area (Å²) in [4.78, 5) is 19.2. The van der Waals surface area contributed by atoms with Crippen LogP contribution in [0.3, 0.4) is 0 Å². The molecule has 5 N–H and O–H groups in total. The minimum Gasteiger partial charge on any atom is -0.384 e. The molecule has 0 bridgehead atoms. The molecule has 6 heteroatoms. The third kappa shape index (κ3) is 1.85. The summed E-state index contributed by atoms with van der Waals surface area (Å²) in [5, 5.41) is 1.00. The van der Waals surface area contributed by atoms with Crippen molar-refractivity contribution in [3.05, 3.63) is 41.7 Å². The van der Waals surface area contributed by atoms with Crippen LogP contribution in [0.4, 0.5) is 11.5 Å². The number of nitrogen functional groups attached to an aromatic ring is 1. The van der Waals surface area contributed by atoms with Crippen molar-refractivity contribution < 1.29 is 4.79 Å². The molecule has 1 aromatic carbocycles. The number of H-pyrrole nitrogens is 1. The van der Waals surface area contributed by atoms with Gasteiger partial charge in [-0.05, 0) is 36.2 Å². The third-order valence-corrected chi connectivity index (χ3v) is 3.99. The van der Waals surface area contributed by atoms with Crippen LogP contribution in [0.2, 0.25) is 0 Å². The van der Waals surface area contributed by atoms with Gasteiger partial charge in [-0.25, -0.2) is 10.4 Å². The second-order valence-electron chi connectivity index (χ2n) is 5.45. The Kier molecular flexibility index (Phi) is 2.67. The predicted octanol–water partition coefficient (Wildman–Crippen LogP) is 2.44. The molecule has 0 aliphatic carbocycles. The van der Waals surface area contributed by atoms with Crippen LogP contribution in [0.15, 0.2) is 30.6 Å². The summed E-state index contributed by atoms with van der Waals surface area (Å²) in [6.07, 6.45) is 3.64. The van der Waals surface area contributed by atoms with Gasteiger partial charge in [-0.2, -0.15) is 0 Å². The zero-order valence-corrected chi connectivity index (χ0v) is 12.0. The Hall–Kier alpha value is -2.86. The quantitative estimate of drug-likeness (QED) is 0.544. The summed E-state index contributed by atoms with van der Waals surface area (Å²) in [6, 6.07) is 5.85. The fourth-order valence-corrected chi connectivity index (χ4v) is 2.93. The molecule has 2 aromatic heterocycles. The number of benzene rings is 1. The lowest BCUT2D eigenvalue weighted by Gasteiger charge is -2.09. The molecule has 0 saturated heterocycles. The summed E-state index contributed by atoms with van der Waals surface area (Å²) in [7, 11) is 0. The van der Waals surface area contributed by atoms with Crippen LogP contribution in [0.1, 0.15) is 22.8 Å². The molecule has 1 aliphatic rings. The molecule has 0 fully saturated rings. The maximum absolute atomic E-state index is 11.9. The molecule has 3 heterocycles. The first-order chi connectivity index (χ1) is 10.6. The van der Waals surface area contributed by atoms with Crippen LogP contribution in [0.5, 0.6) is 0 Å². The van der Waals surface area contributed by atoms with Gasteiger partial charge in [-0.3, -0.25) is 4.79 Å². The van der Waals surface area contributed by atoms with E-state index in [9.17, 15) is 4.79 Å². The zero-order chi connectivity index (χ0) is 15.3. The van der Waals surface area contributed by atoms with Gasteiger partial charge < -0.3 is 16.1 Å². The average molecular weight is 293 g/mol. The number of aromatic nitrogens is 2. The molecule has 0 amide bonds. The van der Waals surface area contributed by atoms with E-state index in [2.05, 4.69) is 26.9 Å². The van der Waals surface area contributed by atoms with Crippen LogP contribution in [-0.2, 0) is 6.54 Å². The van der Waals surface area contributed by atoms with Crippen molar-refractivity contribution in [3.63, 3.8) is 0 Å².